The zero-order valence-electron chi connectivity index (χ0n) is 15.7. The summed E-state index contributed by atoms with van der Waals surface area (Å²) in [5.41, 5.74) is 1.98. The maximum atomic E-state index is 13.2. The molecule has 1 heterocycles. The second kappa shape index (κ2) is 8.35. The third kappa shape index (κ3) is 3.86. The van der Waals surface area contributed by atoms with Crippen molar-refractivity contribution < 1.29 is 14.3 Å². The highest BCUT2D eigenvalue weighted by molar-refractivity contribution is 6.38. The number of hydrogen-bond acceptors (Lipinski definition) is 6. The van der Waals surface area contributed by atoms with Crippen molar-refractivity contribution in [3.8, 4) is 6.07 Å². The first kappa shape index (κ1) is 19.1. The number of nitrogens with zero attached hydrogens (tertiary/aromatic N) is 4. The normalized spacial score (nSPS) is 15.5. The second-order valence-corrected chi connectivity index (χ2v) is 6.23. The molecule has 1 atom stereocenters. The number of hydrazone groups is 1. The highest BCUT2D eigenvalue weighted by atomic mass is 16.5. The third-order valence-corrected chi connectivity index (χ3v) is 4.42. The minimum atomic E-state index is -0.683. The SMILES string of the molecule is CCOC(=O)C1=NN(c2ccccc2)C(C(=O)N(C)c2cccc(C#N)c2)C1. The van der Waals surface area contributed by atoms with Gasteiger partial charge in [-0.3, -0.25) is 9.80 Å². The van der Waals surface area contributed by atoms with E-state index >= 15 is 0 Å². The van der Waals surface area contributed by atoms with E-state index in [1.165, 1.54) is 4.90 Å². The summed E-state index contributed by atoms with van der Waals surface area (Å²) in [6, 6.07) is 17.4. The average Bonchev–Trinajstić information content (AvgIpc) is 3.19. The Morgan fingerprint density at radius 1 is 1.25 bits per heavy atom. The van der Waals surface area contributed by atoms with Gasteiger partial charge in [-0.2, -0.15) is 10.4 Å². The number of nitriles is 1. The summed E-state index contributed by atoms with van der Waals surface area (Å²) < 4.78 is 5.06. The van der Waals surface area contributed by atoms with E-state index in [1.54, 1.807) is 43.2 Å². The summed E-state index contributed by atoms with van der Waals surface area (Å²) in [6.07, 6.45) is 0.148. The molecule has 3 rings (SSSR count). The van der Waals surface area contributed by atoms with Crippen LogP contribution in [0.2, 0.25) is 0 Å². The van der Waals surface area contributed by atoms with E-state index in [9.17, 15) is 9.59 Å². The van der Waals surface area contributed by atoms with Crippen LogP contribution in [-0.2, 0) is 14.3 Å². The van der Waals surface area contributed by atoms with E-state index in [1.807, 2.05) is 30.3 Å². The van der Waals surface area contributed by atoms with Crippen molar-refractivity contribution in [3.05, 3.63) is 60.2 Å². The number of benzene rings is 2. The molecule has 7 heteroatoms. The quantitative estimate of drug-likeness (QED) is 0.749. The lowest BCUT2D eigenvalue weighted by molar-refractivity contribution is -0.135. The molecule has 0 radical (unpaired) electrons. The number of para-hydroxylation sites is 1. The Bertz CT molecular complexity index is 950. The molecule has 2 aromatic rings. The van der Waals surface area contributed by atoms with E-state index in [0.29, 0.717) is 16.9 Å². The number of rotatable bonds is 5. The highest BCUT2D eigenvalue weighted by Gasteiger charge is 2.38. The van der Waals surface area contributed by atoms with Crippen LogP contribution < -0.4 is 9.91 Å². The predicted octanol–water partition coefficient (Wildman–Crippen LogP) is 2.72. The van der Waals surface area contributed by atoms with Crippen LogP contribution in [0.1, 0.15) is 18.9 Å². The van der Waals surface area contributed by atoms with E-state index < -0.39 is 12.0 Å². The van der Waals surface area contributed by atoms with E-state index in [-0.39, 0.29) is 24.6 Å². The van der Waals surface area contributed by atoms with Crippen molar-refractivity contribution in [2.75, 3.05) is 23.6 Å². The molecule has 0 saturated heterocycles. The monoisotopic (exact) mass is 376 g/mol. The smallest absolute Gasteiger partial charge is 0.354 e. The number of anilines is 2. The van der Waals surface area contributed by atoms with Crippen LogP contribution in [0.15, 0.2) is 59.7 Å². The molecule has 142 valence electrons. The van der Waals surface area contributed by atoms with Crippen LogP contribution in [0.4, 0.5) is 11.4 Å². The summed E-state index contributed by atoms with van der Waals surface area (Å²) in [4.78, 5) is 26.9. The fourth-order valence-corrected chi connectivity index (χ4v) is 2.99. The van der Waals surface area contributed by atoms with Gasteiger partial charge in [0.2, 0.25) is 0 Å². The van der Waals surface area contributed by atoms with Gasteiger partial charge in [0.25, 0.3) is 5.91 Å². The predicted molar refractivity (Wildman–Crippen MR) is 106 cm³/mol. The molecule has 0 fully saturated rings. The van der Waals surface area contributed by atoms with Crippen molar-refractivity contribution in [2.24, 2.45) is 5.10 Å². The van der Waals surface area contributed by atoms with Gasteiger partial charge < -0.3 is 9.64 Å². The van der Waals surface area contributed by atoms with Crippen molar-refractivity contribution in [1.29, 1.82) is 5.26 Å². The molecule has 28 heavy (non-hydrogen) atoms. The minimum absolute atomic E-state index is 0.148. The Morgan fingerprint density at radius 2 is 2.00 bits per heavy atom. The maximum Gasteiger partial charge on any atom is 0.354 e. The fraction of sp³-hybridized carbons (Fsp3) is 0.238. The van der Waals surface area contributed by atoms with Crippen LogP contribution in [0.3, 0.4) is 0 Å². The third-order valence-electron chi connectivity index (χ3n) is 4.42. The first-order valence-electron chi connectivity index (χ1n) is 8.91. The van der Waals surface area contributed by atoms with Gasteiger partial charge in [0.05, 0.1) is 23.9 Å². The fourth-order valence-electron chi connectivity index (χ4n) is 2.99. The van der Waals surface area contributed by atoms with Gasteiger partial charge in [-0.05, 0) is 37.3 Å². The van der Waals surface area contributed by atoms with Crippen LogP contribution in [0.5, 0.6) is 0 Å². The number of likely N-dealkylation sites (N-methyl/N-ethyl adjacent to an activating group) is 1. The Balaban J connectivity index is 1.90. The number of carbonyl (C=O) groups is 2. The summed E-state index contributed by atoms with van der Waals surface area (Å²) in [7, 11) is 1.64. The molecule has 7 nitrogen and oxygen atoms in total. The van der Waals surface area contributed by atoms with Gasteiger partial charge in [-0.25, -0.2) is 4.79 Å². The largest absolute Gasteiger partial charge is 0.461 e. The van der Waals surface area contributed by atoms with Gasteiger partial charge in [0.1, 0.15) is 11.8 Å². The molecular weight excluding hydrogens is 356 g/mol. The zero-order valence-corrected chi connectivity index (χ0v) is 15.7. The Labute approximate surface area is 163 Å². The Hall–Kier alpha value is -3.66. The lowest BCUT2D eigenvalue weighted by Gasteiger charge is -2.27. The van der Waals surface area contributed by atoms with Crippen molar-refractivity contribution in [3.63, 3.8) is 0 Å². The van der Waals surface area contributed by atoms with Gasteiger partial charge in [-0.15, -0.1) is 0 Å². The van der Waals surface area contributed by atoms with Crippen molar-refractivity contribution >= 4 is 29.0 Å². The van der Waals surface area contributed by atoms with Gasteiger partial charge in [-0.1, -0.05) is 24.3 Å². The van der Waals surface area contributed by atoms with Crippen molar-refractivity contribution in [2.45, 2.75) is 19.4 Å². The Morgan fingerprint density at radius 3 is 2.68 bits per heavy atom. The van der Waals surface area contributed by atoms with E-state index in [0.717, 1.165) is 0 Å². The molecule has 0 aromatic heterocycles. The molecule has 0 spiro atoms. The second-order valence-electron chi connectivity index (χ2n) is 6.23. The van der Waals surface area contributed by atoms with Gasteiger partial charge >= 0.3 is 5.97 Å². The number of hydrogen-bond donors (Lipinski definition) is 0. The summed E-state index contributed by atoms with van der Waals surface area (Å²) in [6.45, 7) is 1.96. The average molecular weight is 376 g/mol. The van der Waals surface area contributed by atoms with Crippen LogP contribution in [0.25, 0.3) is 0 Å². The zero-order chi connectivity index (χ0) is 20.1. The molecule has 0 saturated carbocycles. The highest BCUT2D eigenvalue weighted by Crippen LogP contribution is 2.27. The molecule has 1 aliphatic heterocycles. The van der Waals surface area contributed by atoms with Crippen molar-refractivity contribution in [1.82, 2.24) is 0 Å². The summed E-state index contributed by atoms with van der Waals surface area (Å²) in [5, 5.41) is 15.0. The number of esters is 1. The molecule has 0 N–H and O–H groups in total. The molecule has 2 aromatic carbocycles. The standard InChI is InChI=1S/C21H20N4O3/c1-3-28-21(27)18-13-19(25(23-18)16-9-5-4-6-10-16)20(26)24(2)17-11-7-8-15(12-17)14-22/h4-12,19H,3,13H2,1-2H3. The number of ether oxygens (including phenoxy) is 1. The topological polar surface area (TPSA) is 86.0 Å². The molecular formula is C21H20N4O3. The minimum Gasteiger partial charge on any atom is -0.461 e. The maximum absolute atomic E-state index is 13.2. The van der Waals surface area contributed by atoms with Crippen LogP contribution in [-0.4, -0.2) is 37.3 Å². The molecule has 0 bridgehead atoms. The molecule has 0 aliphatic carbocycles. The molecule has 1 unspecified atom stereocenters. The number of amides is 1. The Kier molecular flexibility index (Phi) is 5.70. The van der Waals surface area contributed by atoms with Crippen LogP contribution in [0, 0.1) is 11.3 Å². The van der Waals surface area contributed by atoms with E-state index in [4.69, 9.17) is 10.00 Å². The summed E-state index contributed by atoms with van der Waals surface area (Å²) >= 11 is 0. The van der Waals surface area contributed by atoms with Crippen LogP contribution >= 0.6 is 0 Å². The molecule has 1 aliphatic rings. The van der Waals surface area contributed by atoms with Gasteiger partial charge in [0, 0.05) is 19.2 Å². The lowest BCUT2D eigenvalue weighted by Crippen LogP contribution is -2.44. The van der Waals surface area contributed by atoms with Gasteiger partial charge in [0.15, 0.2) is 0 Å². The number of carbonyl (C=O) groups excluding carboxylic acids is 2. The molecule has 1 amide bonds. The first-order chi connectivity index (χ1) is 13.5. The first-order valence-corrected chi connectivity index (χ1v) is 8.91. The lowest BCUT2D eigenvalue weighted by atomic mass is 10.1. The summed E-state index contributed by atoms with van der Waals surface area (Å²) in [5.74, 6) is -0.755. The van der Waals surface area contributed by atoms with E-state index in [2.05, 4.69) is 11.2 Å².